The van der Waals surface area contributed by atoms with Crippen LogP contribution in [0.25, 0.3) is 0 Å². The zero-order chi connectivity index (χ0) is 13.0. The zero-order valence-corrected chi connectivity index (χ0v) is 12.5. The molecule has 0 unspecified atom stereocenters. The van der Waals surface area contributed by atoms with E-state index in [0.717, 1.165) is 9.13 Å². The van der Waals surface area contributed by atoms with Crippen LogP contribution < -0.4 is 4.72 Å². The number of benzene rings is 2. The Morgan fingerprint density at radius 1 is 0.944 bits per heavy atom. The van der Waals surface area contributed by atoms with Gasteiger partial charge in [0.25, 0.3) is 0 Å². The van der Waals surface area contributed by atoms with Gasteiger partial charge in [0.15, 0.2) is 0 Å². The van der Waals surface area contributed by atoms with Crippen LogP contribution in [0.4, 0.5) is 5.69 Å². The molecule has 0 radical (unpaired) electrons. The highest BCUT2D eigenvalue weighted by Crippen LogP contribution is 2.16. The molecule has 0 heterocycles. The van der Waals surface area contributed by atoms with Crippen molar-refractivity contribution in [1.29, 1.82) is 0 Å². The molecular formula is C13H12INO2S. The fourth-order valence-electron chi connectivity index (χ4n) is 1.54. The Bertz CT molecular complexity index is 626. The molecule has 2 aromatic rings. The van der Waals surface area contributed by atoms with Crippen LogP contribution in [0.2, 0.25) is 0 Å². The van der Waals surface area contributed by atoms with Crippen molar-refractivity contribution in [1.82, 2.24) is 0 Å². The summed E-state index contributed by atoms with van der Waals surface area (Å²) < 4.78 is 27.5. The Morgan fingerprint density at radius 3 is 2.22 bits per heavy atom. The van der Waals surface area contributed by atoms with E-state index in [0.29, 0.717) is 5.69 Å². The van der Waals surface area contributed by atoms with Crippen LogP contribution in [0, 0.1) is 3.57 Å². The predicted octanol–water partition coefficient (Wildman–Crippen LogP) is 3.23. The van der Waals surface area contributed by atoms with E-state index in [9.17, 15) is 8.42 Å². The first kappa shape index (κ1) is 13.4. The summed E-state index contributed by atoms with van der Waals surface area (Å²) in [6.45, 7) is 0. The Morgan fingerprint density at radius 2 is 1.56 bits per heavy atom. The van der Waals surface area contributed by atoms with Gasteiger partial charge in [0.2, 0.25) is 10.0 Å². The molecule has 0 aliphatic rings. The highest BCUT2D eigenvalue weighted by Gasteiger charge is 2.13. The average Bonchev–Trinajstić information content (AvgIpc) is 2.32. The fraction of sp³-hybridized carbons (Fsp3) is 0.0769. The second-order valence-corrected chi connectivity index (χ2v) is 6.70. The lowest BCUT2D eigenvalue weighted by Crippen LogP contribution is -2.15. The molecule has 18 heavy (non-hydrogen) atoms. The van der Waals surface area contributed by atoms with Gasteiger partial charge in [0, 0.05) is 9.26 Å². The van der Waals surface area contributed by atoms with E-state index in [1.54, 1.807) is 24.3 Å². The van der Waals surface area contributed by atoms with Gasteiger partial charge in [-0.05, 0) is 46.4 Å². The molecule has 0 aromatic heterocycles. The maximum atomic E-state index is 12.0. The van der Waals surface area contributed by atoms with Gasteiger partial charge in [0.1, 0.15) is 0 Å². The number of hydrogen-bond donors (Lipinski definition) is 1. The van der Waals surface area contributed by atoms with Gasteiger partial charge in [-0.1, -0.05) is 36.4 Å². The lowest BCUT2D eigenvalue weighted by Gasteiger charge is -2.09. The quantitative estimate of drug-likeness (QED) is 0.837. The standard InChI is InChI=1S/C13H12INO2S/c14-13-9-5-4-6-11(13)10-18(16,17)15-12-7-2-1-3-8-12/h1-9,15H,10H2. The molecular weight excluding hydrogens is 361 g/mol. The number of rotatable bonds is 4. The summed E-state index contributed by atoms with van der Waals surface area (Å²) in [4.78, 5) is 0. The maximum Gasteiger partial charge on any atom is 0.236 e. The SMILES string of the molecule is O=S(=O)(Cc1ccccc1I)Nc1ccccc1. The zero-order valence-electron chi connectivity index (χ0n) is 9.51. The largest absolute Gasteiger partial charge is 0.283 e. The Hall–Kier alpha value is -1.08. The van der Waals surface area contributed by atoms with Crippen molar-refractivity contribution in [3.05, 3.63) is 63.7 Å². The van der Waals surface area contributed by atoms with E-state index in [2.05, 4.69) is 27.3 Å². The summed E-state index contributed by atoms with van der Waals surface area (Å²) in [5, 5.41) is 0. The lowest BCUT2D eigenvalue weighted by molar-refractivity contribution is 0.600. The minimum Gasteiger partial charge on any atom is -0.283 e. The molecule has 0 spiro atoms. The van der Waals surface area contributed by atoms with Crippen molar-refractivity contribution in [2.75, 3.05) is 4.72 Å². The van der Waals surface area contributed by atoms with E-state index in [1.807, 2.05) is 30.3 Å². The third-order valence-corrected chi connectivity index (χ3v) is 4.64. The molecule has 0 fully saturated rings. The van der Waals surface area contributed by atoms with E-state index < -0.39 is 10.0 Å². The molecule has 0 saturated heterocycles. The molecule has 0 aliphatic heterocycles. The predicted molar refractivity (Wildman–Crippen MR) is 81.8 cm³/mol. The van der Waals surface area contributed by atoms with Gasteiger partial charge in [-0.3, -0.25) is 4.72 Å². The van der Waals surface area contributed by atoms with Crippen molar-refractivity contribution in [3.8, 4) is 0 Å². The second-order valence-electron chi connectivity index (χ2n) is 3.82. The fourth-order valence-corrected chi connectivity index (χ4v) is 3.61. The molecule has 94 valence electrons. The number of para-hydroxylation sites is 1. The van der Waals surface area contributed by atoms with Crippen LogP contribution in [0.1, 0.15) is 5.56 Å². The Labute approximate surface area is 120 Å². The highest BCUT2D eigenvalue weighted by molar-refractivity contribution is 14.1. The Balaban J connectivity index is 2.16. The van der Waals surface area contributed by atoms with Crippen LogP contribution in [-0.2, 0) is 15.8 Å². The number of nitrogens with one attached hydrogen (secondary N) is 1. The third kappa shape index (κ3) is 3.71. The summed E-state index contributed by atoms with van der Waals surface area (Å²) in [6, 6.07) is 16.4. The smallest absolute Gasteiger partial charge is 0.236 e. The highest BCUT2D eigenvalue weighted by atomic mass is 127. The third-order valence-electron chi connectivity index (χ3n) is 2.35. The molecule has 5 heteroatoms. The van der Waals surface area contributed by atoms with Crippen LogP contribution in [0.5, 0.6) is 0 Å². The molecule has 0 atom stereocenters. The van der Waals surface area contributed by atoms with Gasteiger partial charge in [0.05, 0.1) is 5.75 Å². The van der Waals surface area contributed by atoms with Gasteiger partial charge >= 0.3 is 0 Å². The molecule has 0 aliphatic carbocycles. The van der Waals surface area contributed by atoms with Crippen LogP contribution in [0.3, 0.4) is 0 Å². The topological polar surface area (TPSA) is 46.2 Å². The van der Waals surface area contributed by atoms with E-state index in [1.165, 1.54) is 0 Å². The summed E-state index contributed by atoms with van der Waals surface area (Å²) in [5.41, 5.74) is 1.39. The summed E-state index contributed by atoms with van der Waals surface area (Å²) in [7, 11) is -3.36. The van der Waals surface area contributed by atoms with Gasteiger partial charge in [-0.25, -0.2) is 8.42 Å². The molecule has 0 amide bonds. The van der Waals surface area contributed by atoms with E-state index >= 15 is 0 Å². The van der Waals surface area contributed by atoms with Crippen LogP contribution in [-0.4, -0.2) is 8.42 Å². The van der Waals surface area contributed by atoms with Crippen molar-refractivity contribution in [2.24, 2.45) is 0 Å². The van der Waals surface area contributed by atoms with Crippen molar-refractivity contribution >= 4 is 38.3 Å². The molecule has 2 aromatic carbocycles. The monoisotopic (exact) mass is 373 g/mol. The molecule has 0 saturated carbocycles. The number of hydrogen-bond acceptors (Lipinski definition) is 2. The molecule has 0 bridgehead atoms. The minimum atomic E-state index is -3.36. The summed E-state index contributed by atoms with van der Waals surface area (Å²) in [6.07, 6.45) is 0. The van der Waals surface area contributed by atoms with Crippen molar-refractivity contribution < 1.29 is 8.42 Å². The average molecular weight is 373 g/mol. The second kappa shape index (κ2) is 5.71. The van der Waals surface area contributed by atoms with Crippen LogP contribution >= 0.6 is 22.6 Å². The minimum absolute atomic E-state index is 0.0129. The normalized spacial score (nSPS) is 11.2. The van der Waals surface area contributed by atoms with E-state index in [4.69, 9.17) is 0 Å². The van der Waals surface area contributed by atoms with Crippen molar-refractivity contribution in [3.63, 3.8) is 0 Å². The number of anilines is 1. The van der Waals surface area contributed by atoms with Crippen LogP contribution in [0.15, 0.2) is 54.6 Å². The van der Waals surface area contributed by atoms with Gasteiger partial charge in [-0.2, -0.15) is 0 Å². The summed E-state index contributed by atoms with van der Waals surface area (Å²) in [5.74, 6) is -0.0129. The Kier molecular flexibility index (Phi) is 4.23. The first-order chi connectivity index (χ1) is 8.57. The molecule has 3 nitrogen and oxygen atoms in total. The van der Waals surface area contributed by atoms with E-state index in [-0.39, 0.29) is 5.75 Å². The maximum absolute atomic E-state index is 12.0. The first-order valence-electron chi connectivity index (χ1n) is 5.36. The number of halogens is 1. The lowest BCUT2D eigenvalue weighted by atomic mass is 10.2. The van der Waals surface area contributed by atoms with Gasteiger partial charge in [-0.15, -0.1) is 0 Å². The first-order valence-corrected chi connectivity index (χ1v) is 8.09. The number of sulfonamides is 1. The molecule has 1 N–H and O–H groups in total. The molecule has 2 rings (SSSR count). The van der Waals surface area contributed by atoms with Gasteiger partial charge < -0.3 is 0 Å². The summed E-state index contributed by atoms with van der Waals surface area (Å²) >= 11 is 2.14. The van der Waals surface area contributed by atoms with Crippen molar-refractivity contribution in [2.45, 2.75) is 5.75 Å².